The van der Waals surface area contributed by atoms with Gasteiger partial charge in [-0.15, -0.1) is 0 Å². The lowest BCUT2D eigenvalue weighted by Crippen LogP contribution is -2.29. The summed E-state index contributed by atoms with van der Waals surface area (Å²) < 4.78 is 0. The highest BCUT2D eigenvalue weighted by Crippen LogP contribution is 1.80. The van der Waals surface area contributed by atoms with E-state index in [9.17, 15) is 9.59 Å². The average molecular weight is 161 g/mol. The van der Waals surface area contributed by atoms with Gasteiger partial charge in [0, 0.05) is 0 Å². The van der Waals surface area contributed by atoms with Crippen molar-refractivity contribution in [3.05, 3.63) is 0 Å². The highest BCUT2D eigenvalue weighted by Gasteiger charge is 2.01. The molecule has 5 nitrogen and oxygen atoms in total. The van der Waals surface area contributed by atoms with Crippen molar-refractivity contribution in [2.45, 2.75) is 12.8 Å². The quantitative estimate of drug-likeness (QED) is 0.476. The number of rotatable bonds is 2. The first kappa shape index (κ1) is 9.90. The molecule has 0 saturated carbocycles. The Labute approximate surface area is 64.0 Å². The van der Waals surface area contributed by atoms with Crippen LogP contribution in [0.15, 0.2) is 0 Å². The second-order valence-electron chi connectivity index (χ2n) is 2.07. The van der Waals surface area contributed by atoms with E-state index in [0.29, 0.717) is 0 Å². The lowest BCUT2D eigenvalue weighted by Gasteiger charge is -2.09. The Morgan fingerprint density at radius 3 is 1.45 bits per heavy atom. The van der Waals surface area contributed by atoms with Crippen LogP contribution in [-0.2, 0) is 9.59 Å². The summed E-state index contributed by atoms with van der Waals surface area (Å²) in [5.41, 5.74) is 0. The minimum Gasteiger partial charge on any atom is -0.481 e. The van der Waals surface area contributed by atoms with Crippen molar-refractivity contribution in [2.24, 2.45) is 0 Å². The Kier molecular flexibility index (Phi) is 5.10. The molecule has 0 spiro atoms. The summed E-state index contributed by atoms with van der Waals surface area (Å²) in [6.07, 6.45) is 0.583. The van der Waals surface area contributed by atoms with Crippen LogP contribution in [0.5, 0.6) is 0 Å². The first-order valence-electron chi connectivity index (χ1n) is 3.27. The lowest BCUT2D eigenvalue weighted by atomic mass is 10.3. The summed E-state index contributed by atoms with van der Waals surface area (Å²) in [5, 5.41) is 18.5. The lowest BCUT2D eigenvalue weighted by molar-refractivity contribution is -0.147. The fourth-order valence-electron chi connectivity index (χ4n) is 0.306. The maximum Gasteiger partial charge on any atom is 0.314 e. The summed E-state index contributed by atoms with van der Waals surface area (Å²) in [6.45, 7) is 2.50. The van der Waals surface area contributed by atoms with Crippen molar-refractivity contribution in [3.63, 3.8) is 0 Å². The molecule has 0 aromatic rings. The maximum absolute atomic E-state index is 9.43. The van der Waals surface area contributed by atoms with Crippen LogP contribution < -0.4 is 5.32 Å². The van der Waals surface area contributed by atoms with E-state index in [4.69, 9.17) is 10.2 Å². The monoisotopic (exact) mass is 161 g/mol. The van der Waals surface area contributed by atoms with Crippen molar-refractivity contribution >= 4 is 11.9 Å². The van der Waals surface area contributed by atoms with Gasteiger partial charge in [0.25, 0.3) is 0 Å². The summed E-state index contributed by atoms with van der Waals surface area (Å²) in [4.78, 5) is 18.9. The molecule has 3 N–H and O–H groups in total. The van der Waals surface area contributed by atoms with E-state index >= 15 is 0 Å². The summed E-state index contributed by atoms with van der Waals surface area (Å²) in [6, 6.07) is 0. The van der Waals surface area contributed by atoms with E-state index < -0.39 is 18.4 Å². The summed E-state index contributed by atoms with van der Waals surface area (Å²) in [5.74, 6) is -2.62. The zero-order chi connectivity index (χ0) is 8.69. The standard InChI is InChI=1S/C3H7N.C3H4O4/c1-2-4-3-1;4-2(5)1-3(6)7/h4H,1-3H2;1H2,(H,4,5)(H,6,7). The van der Waals surface area contributed by atoms with Gasteiger partial charge in [0.2, 0.25) is 0 Å². The van der Waals surface area contributed by atoms with Crippen molar-refractivity contribution < 1.29 is 19.8 Å². The number of hydrogen-bond donors (Lipinski definition) is 3. The minimum absolute atomic E-state index is 0.806. The van der Waals surface area contributed by atoms with Crippen LogP contribution >= 0.6 is 0 Å². The van der Waals surface area contributed by atoms with Crippen LogP contribution in [0.3, 0.4) is 0 Å². The third kappa shape index (κ3) is 8.90. The van der Waals surface area contributed by atoms with E-state index in [1.807, 2.05) is 0 Å². The molecule has 0 aliphatic carbocycles. The van der Waals surface area contributed by atoms with Crippen LogP contribution in [0.4, 0.5) is 0 Å². The molecular formula is C6H11NO4. The molecule has 0 unspecified atom stereocenters. The average Bonchev–Trinajstić information content (AvgIpc) is 1.52. The van der Waals surface area contributed by atoms with Crippen LogP contribution in [0.25, 0.3) is 0 Å². The predicted octanol–water partition coefficient (Wildman–Crippen LogP) is -0.475. The molecule has 64 valence electrons. The SMILES string of the molecule is C1CNC1.O=C(O)CC(=O)O. The molecule has 1 fully saturated rings. The van der Waals surface area contributed by atoms with Gasteiger partial charge in [-0.2, -0.15) is 0 Å². The molecule has 1 aliphatic heterocycles. The van der Waals surface area contributed by atoms with Gasteiger partial charge in [-0.25, -0.2) is 0 Å². The second kappa shape index (κ2) is 5.67. The van der Waals surface area contributed by atoms with Gasteiger partial charge < -0.3 is 15.5 Å². The van der Waals surface area contributed by atoms with E-state index in [1.165, 1.54) is 19.5 Å². The Bertz CT molecular complexity index is 126. The van der Waals surface area contributed by atoms with E-state index in [0.717, 1.165) is 0 Å². The highest BCUT2D eigenvalue weighted by atomic mass is 16.4. The van der Waals surface area contributed by atoms with Crippen LogP contribution in [0.1, 0.15) is 12.8 Å². The van der Waals surface area contributed by atoms with Crippen molar-refractivity contribution in [2.75, 3.05) is 13.1 Å². The van der Waals surface area contributed by atoms with Gasteiger partial charge in [-0.05, 0) is 19.5 Å². The number of carboxylic acid groups (broad SMARTS) is 2. The molecule has 0 aromatic carbocycles. The maximum atomic E-state index is 9.43. The Morgan fingerprint density at radius 2 is 1.45 bits per heavy atom. The Morgan fingerprint density at radius 1 is 1.18 bits per heavy atom. The van der Waals surface area contributed by atoms with E-state index in [2.05, 4.69) is 5.32 Å². The van der Waals surface area contributed by atoms with Gasteiger partial charge >= 0.3 is 11.9 Å². The molecule has 0 aromatic heterocycles. The third-order valence-corrected chi connectivity index (χ3v) is 1.01. The summed E-state index contributed by atoms with van der Waals surface area (Å²) >= 11 is 0. The van der Waals surface area contributed by atoms with Crippen molar-refractivity contribution in [3.8, 4) is 0 Å². The molecule has 1 heterocycles. The van der Waals surface area contributed by atoms with Gasteiger partial charge in [-0.3, -0.25) is 9.59 Å². The molecule has 1 aliphatic rings. The molecule has 0 radical (unpaired) electrons. The fourth-order valence-corrected chi connectivity index (χ4v) is 0.306. The van der Waals surface area contributed by atoms with E-state index in [-0.39, 0.29) is 0 Å². The van der Waals surface area contributed by atoms with Gasteiger partial charge in [-0.1, -0.05) is 0 Å². The number of carboxylic acids is 2. The zero-order valence-electron chi connectivity index (χ0n) is 6.04. The zero-order valence-corrected chi connectivity index (χ0v) is 6.04. The molecule has 1 rings (SSSR count). The third-order valence-electron chi connectivity index (χ3n) is 1.01. The van der Waals surface area contributed by atoms with Gasteiger partial charge in [0.1, 0.15) is 6.42 Å². The highest BCUT2D eigenvalue weighted by molar-refractivity contribution is 5.88. The molecule has 1 saturated heterocycles. The molecule has 11 heavy (non-hydrogen) atoms. The van der Waals surface area contributed by atoms with Gasteiger partial charge in [0.15, 0.2) is 0 Å². The molecular weight excluding hydrogens is 150 g/mol. The first-order valence-corrected chi connectivity index (χ1v) is 3.27. The molecule has 0 bridgehead atoms. The summed E-state index contributed by atoms with van der Waals surface area (Å²) in [7, 11) is 0. The molecule has 0 amide bonds. The predicted molar refractivity (Wildman–Crippen MR) is 37.4 cm³/mol. The minimum atomic E-state index is -1.31. The van der Waals surface area contributed by atoms with Crippen molar-refractivity contribution in [1.29, 1.82) is 0 Å². The number of aliphatic carboxylic acids is 2. The normalized spacial score (nSPS) is 13.8. The Hall–Kier alpha value is -1.10. The van der Waals surface area contributed by atoms with Crippen molar-refractivity contribution in [1.82, 2.24) is 5.32 Å². The molecule has 5 heteroatoms. The number of nitrogens with one attached hydrogen (secondary N) is 1. The van der Waals surface area contributed by atoms with Crippen LogP contribution in [0.2, 0.25) is 0 Å². The van der Waals surface area contributed by atoms with Crippen LogP contribution in [0, 0.1) is 0 Å². The molecule has 0 atom stereocenters. The number of carbonyl (C=O) groups is 2. The topological polar surface area (TPSA) is 86.6 Å². The smallest absolute Gasteiger partial charge is 0.314 e. The second-order valence-corrected chi connectivity index (χ2v) is 2.07. The fraction of sp³-hybridized carbons (Fsp3) is 0.667. The first-order chi connectivity index (χ1) is 5.13. The Balaban J connectivity index is 0.000000207. The largest absolute Gasteiger partial charge is 0.481 e. The number of hydrogen-bond acceptors (Lipinski definition) is 3. The van der Waals surface area contributed by atoms with Crippen LogP contribution in [-0.4, -0.2) is 35.2 Å². The van der Waals surface area contributed by atoms with E-state index in [1.54, 1.807) is 0 Å². The van der Waals surface area contributed by atoms with Gasteiger partial charge in [0.05, 0.1) is 0 Å².